The van der Waals surface area contributed by atoms with Gasteiger partial charge in [-0.2, -0.15) is 14.6 Å². The second-order valence-corrected chi connectivity index (χ2v) is 7.83. The summed E-state index contributed by atoms with van der Waals surface area (Å²) < 4.78 is 6.81. The quantitative estimate of drug-likeness (QED) is 0.374. The molecule has 8 heteroatoms. The molecule has 0 spiro atoms. The minimum atomic E-state index is -0.480. The number of rotatable bonds is 3. The molecule has 0 amide bonds. The van der Waals surface area contributed by atoms with Crippen LogP contribution in [0.1, 0.15) is 23.6 Å². The molecule has 0 aliphatic carbocycles. The van der Waals surface area contributed by atoms with Gasteiger partial charge in [0.05, 0.1) is 4.53 Å². The molecule has 0 fully saturated rings. The molecule has 7 nitrogen and oxygen atoms in total. The molecule has 0 aliphatic heterocycles. The van der Waals surface area contributed by atoms with Crippen LogP contribution in [0.25, 0.3) is 22.3 Å². The average Bonchev–Trinajstić information content (AvgIpc) is 2.99. The zero-order valence-corrected chi connectivity index (χ0v) is 17.3. The van der Waals surface area contributed by atoms with Gasteiger partial charge in [0.2, 0.25) is 4.96 Å². The molecule has 4 rings (SSSR count). The van der Waals surface area contributed by atoms with Crippen molar-refractivity contribution in [1.29, 1.82) is 0 Å². The lowest BCUT2D eigenvalue weighted by Crippen LogP contribution is -2.26. The minimum absolute atomic E-state index is 0.131. The van der Waals surface area contributed by atoms with E-state index in [1.807, 2.05) is 32.0 Å². The van der Waals surface area contributed by atoms with Gasteiger partial charge in [-0.3, -0.25) is 14.4 Å². The van der Waals surface area contributed by atoms with Gasteiger partial charge in [-0.15, -0.1) is 0 Å². The molecule has 2 aromatic heterocycles. The van der Waals surface area contributed by atoms with Gasteiger partial charge in [-0.05, 0) is 48.7 Å². The van der Waals surface area contributed by atoms with E-state index in [1.165, 1.54) is 6.92 Å². The van der Waals surface area contributed by atoms with E-state index < -0.39 is 5.56 Å². The molecule has 0 radical (unpaired) electrons. The molecule has 2 aromatic carbocycles. The maximum atomic E-state index is 12.9. The van der Waals surface area contributed by atoms with Gasteiger partial charge in [0, 0.05) is 12.5 Å². The van der Waals surface area contributed by atoms with Gasteiger partial charge in [-0.1, -0.05) is 41.7 Å². The van der Waals surface area contributed by atoms with E-state index in [9.17, 15) is 14.4 Å². The highest BCUT2D eigenvalue weighted by molar-refractivity contribution is 7.15. The summed E-state index contributed by atoms with van der Waals surface area (Å²) in [7, 11) is 0. The maximum Gasteiger partial charge on any atom is 0.308 e. The standard InChI is InChI=1S/C22H17N3O4S/c1-12-9-15(10-13(2)19(12)29-14(3)26)11-17-21(28)25-22(30-17)23-20(27)18(24-25)16-7-5-4-6-8-16/h4-11H,1-3H3/b17-11-. The number of benzene rings is 2. The monoisotopic (exact) mass is 419 g/mol. The van der Waals surface area contributed by atoms with Crippen LogP contribution in [-0.4, -0.2) is 20.6 Å². The molecule has 0 aliphatic rings. The van der Waals surface area contributed by atoms with Gasteiger partial charge in [-0.25, -0.2) is 0 Å². The topological polar surface area (TPSA) is 90.6 Å². The third kappa shape index (κ3) is 3.65. The molecule has 0 saturated carbocycles. The highest BCUT2D eigenvalue weighted by Gasteiger charge is 2.13. The Morgan fingerprint density at radius 3 is 2.40 bits per heavy atom. The summed E-state index contributed by atoms with van der Waals surface area (Å²) in [4.78, 5) is 40.8. The number of hydrogen-bond acceptors (Lipinski definition) is 7. The molecular weight excluding hydrogens is 402 g/mol. The van der Waals surface area contributed by atoms with Crippen LogP contribution >= 0.6 is 11.3 Å². The van der Waals surface area contributed by atoms with Gasteiger partial charge in [0.1, 0.15) is 5.75 Å². The van der Waals surface area contributed by atoms with Gasteiger partial charge >= 0.3 is 11.5 Å². The van der Waals surface area contributed by atoms with Crippen LogP contribution < -0.4 is 20.4 Å². The van der Waals surface area contributed by atoms with E-state index in [-0.39, 0.29) is 22.2 Å². The van der Waals surface area contributed by atoms with Crippen molar-refractivity contribution in [3.8, 4) is 17.0 Å². The van der Waals surface area contributed by atoms with Crippen molar-refractivity contribution in [3.63, 3.8) is 0 Å². The molecule has 0 bridgehead atoms. The first-order valence-electron chi connectivity index (χ1n) is 9.14. The SMILES string of the molecule is CC(=O)Oc1c(C)cc(/C=c2\sc3nc(=O)c(-c4ccccc4)nn3c2=O)cc1C. The first kappa shape index (κ1) is 19.7. The molecular formula is C22H17N3O4S. The largest absolute Gasteiger partial charge is 0.426 e. The van der Waals surface area contributed by atoms with Gasteiger partial charge in [0.15, 0.2) is 5.69 Å². The predicted octanol–water partition coefficient (Wildman–Crippen LogP) is 2.27. The fourth-order valence-corrected chi connectivity index (χ4v) is 4.11. The number of hydrogen-bond donors (Lipinski definition) is 0. The molecule has 150 valence electrons. The number of ether oxygens (including phenoxy) is 1. The lowest BCUT2D eigenvalue weighted by molar-refractivity contribution is -0.131. The van der Waals surface area contributed by atoms with Crippen LogP contribution in [0.3, 0.4) is 0 Å². The highest BCUT2D eigenvalue weighted by atomic mass is 32.1. The average molecular weight is 419 g/mol. The molecule has 2 heterocycles. The number of fused-ring (bicyclic) bond motifs is 1. The van der Waals surface area contributed by atoms with Crippen LogP contribution in [0.15, 0.2) is 52.1 Å². The Bertz CT molecular complexity index is 1430. The molecule has 0 atom stereocenters. The summed E-state index contributed by atoms with van der Waals surface area (Å²) in [6, 6.07) is 12.6. The Morgan fingerprint density at radius 1 is 1.10 bits per heavy atom. The number of aryl methyl sites for hydroxylation is 2. The van der Waals surface area contributed by atoms with E-state index in [1.54, 1.807) is 30.3 Å². The molecule has 0 N–H and O–H groups in total. The van der Waals surface area contributed by atoms with E-state index in [2.05, 4.69) is 10.1 Å². The summed E-state index contributed by atoms with van der Waals surface area (Å²) >= 11 is 1.10. The molecule has 0 saturated heterocycles. The van der Waals surface area contributed by atoms with Crippen LogP contribution in [0.5, 0.6) is 5.75 Å². The van der Waals surface area contributed by atoms with Crippen molar-refractivity contribution in [1.82, 2.24) is 14.6 Å². The summed E-state index contributed by atoms with van der Waals surface area (Å²) in [5.41, 5.74) is 2.24. The summed E-state index contributed by atoms with van der Waals surface area (Å²) in [5, 5.41) is 4.25. The van der Waals surface area contributed by atoms with Crippen LogP contribution in [0, 0.1) is 13.8 Å². The Balaban J connectivity index is 1.85. The van der Waals surface area contributed by atoms with Crippen LogP contribution in [0.2, 0.25) is 0 Å². The highest BCUT2D eigenvalue weighted by Crippen LogP contribution is 2.25. The van der Waals surface area contributed by atoms with E-state index in [0.717, 1.165) is 32.5 Å². The number of nitrogens with zero attached hydrogens (tertiary/aromatic N) is 3. The van der Waals surface area contributed by atoms with E-state index >= 15 is 0 Å². The smallest absolute Gasteiger partial charge is 0.308 e. The zero-order valence-electron chi connectivity index (χ0n) is 16.5. The number of aromatic nitrogens is 3. The van der Waals surface area contributed by atoms with E-state index in [4.69, 9.17) is 4.74 Å². The molecule has 0 unspecified atom stereocenters. The van der Waals surface area contributed by atoms with Crippen molar-refractivity contribution in [2.75, 3.05) is 0 Å². The van der Waals surface area contributed by atoms with Crippen molar-refractivity contribution in [2.24, 2.45) is 0 Å². The number of carbonyl (C=O) groups is 1. The predicted molar refractivity (Wildman–Crippen MR) is 115 cm³/mol. The van der Waals surface area contributed by atoms with E-state index in [0.29, 0.717) is 15.8 Å². The van der Waals surface area contributed by atoms with Crippen molar-refractivity contribution in [3.05, 3.63) is 84.4 Å². The van der Waals surface area contributed by atoms with Gasteiger partial charge < -0.3 is 4.74 Å². The number of carbonyl (C=O) groups excluding carboxylic acids is 1. The summed E-state index contributed by atoms with van der Waals surface area (Å²) in [6.45, 7) is 5.02. The third-order valence-electron chi connectivity index (χ3n) is 4.46. The normalized spacial score (nSPS) is 11.8. The lowest BCUT2D eigenvalue weighted by Gasteiger charge is -2.10. The Labute approximate surface area is 174 Å². The second kappa shape index (κ2) is 7.64. The first-order chi connectivity index (χ1) is 14.3. The fourth-order valence-electron chi connectivity index (χ4n) is 3.21. The zero-order chi connectivity index (χ0) is 21.4. The summed E-state index contributed by atoms with van der Waals surface area (Å²) in [6.07, 6.45) is 1.72. The fraction of sp³-hybridized carbons (Fsp3) is 0.136. The minimum Gasteiger partial charge on any atom is -0.426 e. The molecule has 30 heavy (non-hydrogen) atoms. The number of esters is 1. The third-order valence-corrected chi connectivity index (χ3v) is 5.42. The first-order valence-corrected chi connectivity index (χ1v) is 9.96. The Hall–Kier alpha value is -3.65. The Morgan fingerprint density at radius 2 is 1.77 bits per heavy atom. The number of thiazole rings is 1. The van der Waals surface area contributed by atoms with Crippen molar-refractivity contribution < 1.29 is 9.53 Å². The van der Waals surface area contributed by atoms with Crippen LogP contribution in [0.4, 0.5) is 0 Å². The second-order valence-electron chi connectivity index (χ2n) is 6.82. The lowest BCUT2D eigenvalue weighted by atomic mass is 10.1. The summed E-state index contributed by atoms with van der Waals surface area (Å²) in [5.74, 6) is 0.125. The van der Waals surface area contributed by atoms with Crippen LogP contribution in [-0.2, 0) is 4.79 Å². The van der Waals surface area contributed by atoms with Crippen molar-refractivity contribution in [2.45, 2.75) is 20.8 Å². The maximum absolute atomic E-state index is 12.9. The molecule has 4 aromatic rings. The van der Waals surface area contributed by atoms with Gasteiger partial charge in [0.25, 0.3) is 5.56 Å². The Kier molecular flexibility index (Phi) is 5.01. The van der Waals surface area contributed by atoms with Crippen molar-refractivity contribution >= 4 is 28.3 Å².